The highest BCUT2D eigenvalue weighted by molar-refractivity contribution is 7.90. The van der Waals surface area contributed by atoms with Crippen LogP contribution in [0.25, 0.3) is 0 Å². The number of carbonyl (C=O) groups excluding carboxylic acids is 1. The van der Waals surface area contributed by atoms with Gasteiger partial charge in [0.15, 0.2) is 0 Å². The summed E-state index contributed by atoms with van der Waals surface area (Å²) in [6.07, 6.45) is 0.670. The van der Waals surface area contributed by atoms with Crippen molar-refractivity contribution in [1.29, 1.82) is 0 Å². The van der Waals surface area contributed by atoms with Gasteiger partial charge in [-0.2, -0.15) is 8.42 Å². The fourth-order valence-electron chi connectivity index (χ4n) is 2.52. The number of nitrogens with zero attached hydrogens (tertiary/aromatic N) is 3. The van der Waals surface area contributed by atoms with Crippen molar-refractivity contribution in [2.45, 2.75) is 24.2 Å². The number of aliphatic carboxylic acids is 1. The van der Waals surface area contributed by atoms with Gasteiger partial charge in [-0.05, 0) is 18.6 Å². The Hall–Kier alpha value is -2.42. The van der Waals surface area contributed by atoms with Gasteiger partial charge in [0.1, 0.15) is 10.7 Å². The van der Waals surface area contributed by atoms with E-state index in [1.54, 1.807) is 37.2 Å². The summed E-state index contributed by atoms with van der Waals surface area (Å²) < 4.78 is 27.9. The first-order valence-electron chi connectivity index (χ1n) is 7.83. The van der Waals surface area contributed by atoms with Crippen LogP contribution in [-0.2, 0) is 19.6 Å². The normalized spacial score (nSPS) is 14.6. The second-order valence-electron chi connectivity index (χ2n) is 5.87. The first kappa shape index (κ1) is 18.9. The second kappa shape index (κ2) is 7.64. The zero-order chi connectivity index (χ0) is 18.6. The number of fused-ring (bicyclic) bond motifs is 1. The van der Waals surface area contributed by atoms with E-state index in [-0.39, 0.29) is 30.2 Å². The Labute approximate surface area is 146 Å². The third-order valence-corrected chi connectivity index (χ3v) is 5.27. The standard InChI is InChI=1S/C16H21N3O5S/c1-18(11-9-15(21)22)14(20)8-5-10-19(2)16-12-6-3-4-7-13(12)25(23,24)17-16/h3-4,6-7H,5,8-11H2,1-2H3,(H,21,22). The minimum atomic E-state index is -3.65. The Bertz CT molecular complexity index is 804. The Morgan fingerprint density at radius 2 is 1.80 bits per heavy atom. The van der Waals surface area contributed by atoms with E-state index < -0.39 is 16.0 Å². The van der Waals surface area contributed by atoms with Gasteiger partial charge in [-0.15, -0.1) is 4.40 Å². The largest absolute Gasteiger partial charge is 0.481 e. The molecule has 1 N–H and O–H groups in total. The first-order chi connectivity index (χ1) is 11.7. The van der Waals surface area contributed by atoms with Crippen LogP contribution in [-0.4, -0.2) is 68.2 Å². The first-order valence-corrected chi connectivity index (χ1v) is 9.27. The highest BCUT2D eigenvalue weighted by Crippen LogP contribution is 2.26. The molecule has 9 heteroatoms. The summed E-state index contributed by atoms with van der Waals surface area (Å²) in [7, 11) is -0.355. The average Bonchev–Trinajstić information content (AvgIpc) is 2.84. The van der Waals surface area contributed by atoms with E-state index in [2.05, 4.69) is 4.40 Å². The van der Waals surface area contributed by atoms with Crippen LogP contribution in [0.1, 0.15) is 24.8 Å². The van der Waals surface area contributed by atoms with Gasteiger partial charge in [-0.1, -0.05) is 12.1 Å². The number of sulfonamides is 1. The lowest BCUT2D eigenvalue weighted by molar-refractivity contribution is -0.138. The molecule has 0 unspecified atom stereocenters. The van der Waals surface area contributed by atoms with Crippen LogP contribution in [0.2, 0.25) is 0 Å². The van der Waals surface area contributed by atoms with E-state index in [0.29, 0.717) is 24.4 Å². The third-order valence-electron chi connectivity index (χ3n) is 3.95. The van der Waals surface area contributed by atoms with Gasteiger partial charge >= 0.3 is 5.97 Å². The number of hydrogen-bond donors (Lipinski definition) is 1. The van der Waals surface area contributed by atoms with Crippen molar-refractivity contribution < 1.29 is 23.1 Å². The Balaban J connectivity index is 1.90. The van der Waals surface area contributed by atoms with E-state index in [9.17, 15) is 18.0 Å². The van der Waals surface area contributed by atoms with Crippen LogP contribution >= 0.6 is 0 Å². The topological polar surface area (TPSA) is 107 Å². The summed E-state index contributed by atoms with van der Waals surface area (Å²) in [6.45, 7) is 0.629. The van der Waals surface area contributed by atoms with Crippen molar-refractivity contribution in [1.82, 2.24) is 9.80 Å². The number of hydrogen-bond acceptors (Lipinski definition) is 5. The molecule has 0 spiro atoms. The molecule has 1 aromatic carbocycles. The number of benzene rings is 1. The fourth-order valence-corrected chi connectivity index (χ4v) is 3.77. The van der Waals surface area contributed by atoms with Gasteiger partial charge < -0.3 is 14.9 Å². The minimum Gasteiger partial charge on any atom is -0.481 e. The highest BCUT2D eigenvalue weighted by atomic mass is 32.2. The molecular weight excluding hydrogens is 346 g/mol. The van der Waals surface area contributed by atoms with Gasteiger partial charge in [0.2, 0.25) is 5.91 Å². The third kappa shape index (κ3) is 4.56. The molecule has 2 rings (SSSR count). The van der Waals surface area contributed by atoms with Crippen molar-refractivity contribution in [3.63, 3.8) is 0 Å². The number of carboxylic acid groups (broad SMARTS) is 1. The maximum atomic E-state index is 12.0. The summed E-state index contributed by atoms with van der Waals surface area (Å²) in [5.74, 6) is -0.711. The summed E-state index contributed by atoms with van der Waals surface area (Å²) in [6, 6.07) is 6.64. The average molecular weight is 367 g/mol. The molecule has 0 bridgehead atoms. The lowest BCUT2D eigenvalue weighted by Crippen LogP contribution is -2.31. The van der Waals surface area contributed by atoms with Crippen LogP contribution in [0.4, 0.5) is 0 Å². The predicted molar refractivity (Wildman–Crippen MR) is 91.9 cm³/mol. The summed E-state index contributed by atoms with van der Waals surface area (Å²) in [5.41, 5.74) is 0.565. The molecule has 1 aliphatic heterocycles. The number of carbonyl (C=O) groups is 2. The Kier molecular flexibility index (Phi) is 5.78. The molecule has 1 aromatic rings. The zero-order valence-electron chi connectivity index (χ0n) is 14.2. The molecular formula is C16H21N3O5S. The second-order valence-corrected chi connectivity index (χ2v) is 7.44. The van der Waals surface area contributed by atoms with Crippen molar-refractivity contribution in [2.75, 3.05) is 27.2 Å². The number of carboxylic acids is 1. The maximum absolute atomic E-state index is 12.0. The van der Waals surface area contributed by atoms with E-state index in [0.717, 1.165) is 0 Å². The van der Waals surface area contributed by atoms with Gasteiger partial charge in [-0.25, -0.2) is 0 Å². The summed E-state index contributed by atoms with van der Waals surface area (Å²) in [5, 5.41) is 8.63. The molecule has 0 saturated heterocycles. The Morgan fingerprint density at radius 1 is 1.12 bits per heavy atom. The monoisotopic (exact) mass is 367 g/mol. The number of rotatable bonds is 7. The molecule has 1 heterocycles. The van der Waals surface area contributed by atoms with E-state index >= 15 is 0 Å². The van der Waals surface area contributed by atoms with Crippen molar-refractivity contribution in [3.05, 3.63) is 29.8 Å². The lowest BCUT2D eigenvalue weighted by Gasteiger charge is -2.20. The quantitative estimate of drug-likeness (QED) is 0.763. The lowest BCUT2D eigenvalue weighted by atomic mass is 10.2. The maximum Gasteiger partial charge on any atom is 0.305 e. The van der Waals surface area contributed by atoms with Crippen LogP contribution in [0.5, 0.6) is 0 Å². The van der Waals surface area contributed by atoms with Gasteiger partial charge in [0.05, 0.1) is 6.42 Å². The van der Waals surface area contributed by atoms with E-state index in [1.165, 1.54) is 11.0 Å². The van der Waals surface area contributed by atoms with E-state index in [1.807, 2.05) is 0 Å². The molecule has 1 aliphatic rings. The van der Waals surface area contributed by atoms with Crippen molar-refractivity contribution in [3.8, 4) is 0 Å². The molecule has 0 atom stereocenters. The molecule has 1 amide bonds. The van der Waals surface area contributed by atoms with E-state index in [4.69, 9.17) is 5.11 Å². The van der Waals surface area contributed by atoms with Crippen LogP contribution < -0.4 is 0 Å². The molecule has 25 heavy (non-hydrogen) atoms. The summed E-state index contributed by atoms with van der Waals surface area (Å²) >= 11 is 0. The fraction of sp³-hybridized carbons (Fsp3) is 0.438. The molecule has 8 nitrogen and oxygen atoms in total. The van der Waals surface area contributed by atoms with Gasteiger partial charge in [0, 0.05) is 39.2 Å². The SMILES string of the molecule is CN(CCC(=O)O)C(=O)CCCN(C)C1=NS(=O)(=O)c2ccccc21. The van der Waals surface area contributed by atoms with Crippen LogP contribution in [0.15, 0.2) is 33.6 Å². The predicted octanol–water partition coefficient (Wildman–Crippen LogP) is 0.781. The number of amides is 1. The van der Waals surface area contributed by atoms with Crippen molar-refractivity contribution >= 4 is 27.7 Å². The Morgan fingerprint density at radius 3 is 2.48 bits per heavy atom. The molecule has 0 saturated carbocycles. The number of amidine groups is 1. The summed E-state index contributed by atoms with van der Waals surface area (Å²) in [4.78, 5) is 25.8. The molecule has 0 aliphatic carbocycles. The molecule has 0 radical (unpaired) electrons. The van der Waals surface area contributed by atoms with Gasteiger partial charge in [0.25, 0.3) is 10.0 Å². The molecule has 0 aromatic heterocycles. The smallest absolute Gasteiger partial charge is 0.305 e. The molecule has 136 valence electrons. The highest BCUT2D eigenvalue weighted by Gasteiger charge is 2.30. The van der Waals surface area contributed by atoms with Gasteiger partial charge in [-0.3, -0.25) is 9.59 Å². The van der Waals surface area contributed by atoms with Crippen molar-refractivity contribution in [2.24, 2.45) is 4.40 Å². The minimum absolute atomic E-state index is 0.0897. The molecule has 0 fully saturated rings. The zero-order valence-corrected chi connectivity index (χ0v) is 15.0. The van der Waals surface area contributed by atoms with Crippen LogP contribution in [0.3, 0.4) is 0 Å². The van der Waals surface area contributed by atoms with Crippen LogP contribution in [0, 0.1) is 0 Å².